The van der Waals surface area contributed by atoms with E-state index in [2.05, 4.69) is 5.32 Å². The van der Waals surface area contributed by atoms with Gasteiger partial charge in [0.25, 0.3) is 0 Å². The van der Waals surface area contributed by atoms with E-state index in [1.807, 2.05) is 0 Å². The van der Waals surface area contributed by atoms with E-state index < -0.39 is 10.0 Å². The average Bonchev–Trinajstić information content (AvgIpc) is 3.20. The number of piperidine rings is 1. The van der Waals surface area contributed by atoms with Crippen molar-refractivity contribution in [1.82, 2.24) is 9.62 Å². The lowest BCUT2D eigenvalue weighted by atomic mass is 9.99. The number of rotatable bonds is 6. The van der Waals surface area contributed by atoms with Crippen molar-refractivity contribution in [2.24, 2.45) is 5.92 Å². The summed E-state index contributed by atoms with van der Waals surface area (Å²) in [6.07, 6.45) is 2.86. The quantitative estimate of drug-likeness (QED) is 0.831. The number of carbonyl (C=O) groups excluding carboxylic acids is 1. The monoisotopic (exact) mass is 378 g/mol. The van der Waals surface area contributed by atoms with Gasteiger partial charge in [0.2, 0.25) is 15.9 Å². The number of sulfonamides is 1. The predicted molar refractivity (Wildman–Crippen MR) is 95.0 cm³/mol. The Morgan fingerprint density at radius 1 is 1.31 bits per heavy atom. The average molecular weight is 378 g/mol. The Bertz CT molecular complexity index is 831. The molecule has 3 rings (SSSR count). The van der Waals surface area contributed by atoms with Crippen LogP contribution < -0.4 is 10.1 Å². The second-order valence-electron chi connectivity index (χ2n) is 6.17. The Morgan fingerprint density at radius 3 is 2.73 bits per heavy atom. The largest absolute Gasteiger partial charge is 0.497 e. The minimum absolute atomic E-state index is 0.156. The van der Waals surface area contributed by atoms with Crippen LogP contribution in [0.4, 0.5) is 0 Å². The molecule has 0 aliphatic carbocycles. The van der Waals surface area contributed by atoms with E-state index in [0.29, 0.717) is 37.4 Å². The molecule has 2 aromatic rings. The van der Waals surface area contributed by atoms with Crippen molar-refractivity contribution < 1.29 is 22.4 Å². The molecule has 0 unspecified atom stereocenters. The third-order valence-corrected chi connectivity index (χ3v) is 6.35. The molecule has 1 atom stereocenters. The van der Waals surface area contributed by atoms with E-state index in [9.17, 15) is 13.2 Å². The summed E-state index contributed by atoms with van der Waals surface area (Å²) in [6, 6.07) is 9.81. The summed E-state index contributed by atoms with van der Waals surface area (Å²) in [4.78, 5) is 12.6. The molecule has 1 fully saturated rings. The van der Waals surface area contributed by atoms with Gasteiger partial charge >= 0.3 is 0 Å². The fourth-order valence-corrected chi connectivity index (χ4v) is 4.53. The first-order valence-electron chi connectivity index (χ1n) is 8.45. The highest BCUT2D eigenvalue weighted by Gasteiger charge is 2.33. The number of ether oxygens (including phenoxy) is 1. The van der Waals surface area contributed by atoms with Gasteiger partial charge in [0.1, 0.15) is 11.5 Å². The van der Waals surface area contributed by atoms with Crippen molar-refractivity contribution in [3.8, 4) is 5.75 Å². The highest BCUT2D eigenvalue weighted by atomic mass is 32.2. The Labute approximate surface area is 153 Å². The lowest BCUT2D eigenvalue weighted by Crippen LogP contribution is -2.45. The van der Waals surface area contributed by atoms with Crippen LogP contribution in [0.2, 0.25) is 0 Å². The number of nitrogens with one attached hydrogen (secondary N) is 1. The van der Waals surface area contributed by atoms with Gasteiger partial charge in [-0.05, 0) is 49.2 Å². The molecule has 1 aromatic carbocycles. The fourth-order valence-electron chi connectivity index (χ4n) is 3.00. The van der Waals surface area contributed by atoms with Crippen LogP contribution in [0.25, 0.3) is 0 Å². The summed E-state index contributed by atoms with van der Waals surface area (Å²) in [7, 11) is -2.10. The first kappa shape index (κ1) is 18.5. The number of carbonyl (C=O) groups is 1. The van der Waals surface area contributed by atoms with E-state index >= 15 is 0 Å². The first-order valence-corrected chi connectivity index (χ1v) is 9.89. The van der Waals surface area contributed by atoms with Crippen LogP contribution in [0.5, 0.6) is 5.75 Å². The minimum atomic E-state index is -3.63. The molecule has 140 valence electrons. The smallest absolute Gasteiger partial charge is 0.243 e. The second kappa shape index (κ2) is 7.92. The Balaban J connectivity index is 1.65. The number of amides is 1. The maximum Gasteiger partial charge on any atom is 0.243 e. The molecule has 1 aromatic heterocycles. The Hall–Kier alpha value is -2.32. The molecule has 26 heavy (non-hydrogen) atoms. The second-order valence-corrected chi connectivity index (χ2v) is 8.11. The van der Waals surface area contributed by atoms with Gasteiger partial charge in [0, 0.05) is 13.1 Å². The number of hydrogen-bond acceptors (Lipinski definition) is 5. The lowest BCUT2D eigenvalue weighted by Gasteiger charge is -2.31. The topological polar surface area (TPSA) is 88.9 Å². The normalized spacial score (nSPS) is 18.4. The van der Waals surface area contributed by atoms with Gasteiger partial charge in [-0.3, -0.25) is 4.79 Å². The fraction of sp³-hybridized carbons (Fsp3) is 0.389. The van der Waals surface area contributed by atoms with Crippen LogP contribution in [0, 0.1) is 5.92 Å². The predicted octanol–water partition coefficient (Wildman–Crippen LogP) is 2.01. The van der Waals surface area contributed by atoms with E-state index in [0.717, 1.165) is 0 Å². The van der Waals surface area contributed by atoms with Crippen molar-refractivity contribution in [3.63, 3.8) is 0 Å². The van der Waals surface area contributed by atoms with Crippen LogP contribution >= 0.6 is 0 Å². The van der Waals surface area contributed by atoms with Crippen molar-refractivity contribution in [2.75, 3.05) is 20.2 Å². The molecule has 7 nitrogen and oxygen atoms in total. The Kier molecular flexibility index (Phi) is 5.63. The molecule has 1 aliphatic heterocycles. The van der Waals surface area contributed by atoms with Gasteiger partial charge in [-0.2, -0.15) is 4.31 Å². The van der Waals surface area contributed by atoms with E-state index in [1.54, 1.807) is 30.5 Å². The zero-order valence-electron chi connectivity index (χ0n) is 14.6. The first-order chi connectivity index (χ1) is 12.5. The number of benzene rings is 1. The van der Waals surface area contributed by atoms with Crippen LogP contribution in [0.15, 0.2) is 52.0 Å². The summed E-state index contributed by atoms with van der Waals surface area (Å²) in [5, 5.41) is 2.81. The molecule has 1 N–H and O–H groups in total. The van der Waals surface area contributed by atoms with Gasteiger partial charge in [-0.1, -0.05) is 0 Å². The van der Waals surface area contributed by atoms with Crippen LogP contribution in [-0.4, -0.2) is 38.8 Å². The van der Waals surface area contributed by atoms with Gasteiger partial charge in [-0.15, -0.1) is 0 Å². The van der Waals surface area contributed by atoms with Gasteiger partial charge in [0.05, 0.1) is 30.7 Å². The maximum absolute atomic E-state index is 12.8. The SMILES string of the molecule is COc1ccc(S(=O)(=O)N2CCC[C@@H](C(=O)NCc3ccco3)C2)cc1. The minimum Gasteiger partial charge on any atom is -0.497 e. The van der Waals surface area contributed by atoms with Crippen molar-refractivity contribution >= 4 is 15.9 Å². The summed E-state index contributed by atoms with van der Waals surface area (Å²) >= 11 is 0. The zero-order valence-corrected chi connectivity index (χ0v) is 15.4. The van der Waals surface area contributed by atoms with Crippen molar-refractivity contribution in [1.29, 1.82) is 0 Å². The molecule has 0 saturated carbocycles. The van der Waals surface area contributed by atoms with Crippen LogP contribution in [0.1, 0.15) is 18.6 Å². The number of methoxy groups -OCH3 is 1. The highest BCUT2D eigenvalue weighted by Crippen LogP contribution is 2.25. The van der Waals surface area contributed by atoms with Crippen LogP contribution in [-0.2, 0) is 21.4 Å². The highest BCUT2D eigenvalue weighted by molar-refractivity contribution is 7.89. The van der Waals surface area contributed by atoms with Crippen molar-refractivity contribution in [3.05, 3.63) is 48.4 Å². The van der Waals surface area contributed by atoms with E-state index in [1.165, 1.54) is 23.5 Å². The molecule has 1 amide bonds. The molecular weight excluding hydrogens is 356 g/mol. The van der Waals surface area contributed by atoms with E-state index in [4.69, 9.17) is 9.15 Å². The molecule has 1 aliphatic rings. The van der Waals surface area contributed by atoms with E-state index in [-0.39, 0.29) is 23.3 Å². The lowest BCUT2D eigenvalue weighted by molar-refractivity contribution is -0.126. The van der Waals surface area contributed by atoms with Gasteiger partial charge in [-0.25, -0.2) is 8.42 Å². The maximum atomic E-state index is 12.8. The molecule has 0 radical (unpaired) electrons. The van der Waals surface area contributed by atoms with Crippen LogP contribution in [0.3, 0.4) is 0 Å². The van der Waals surface area contributed by atoms with Gasteiger partial charge in [0.15, 0.2) is 0 Å². The zero-order chi connectivity index (χ0) is 18.6. The third-order valence-electron chi connectivity index (χ3n) is 4.47. The summed E-state index contributed by atoms with van der Waals surface area (Å²) in [5.74, 6) is 0.734. The number of hydrogen-bond donors (Lipinski definition) is 1. The van der Waals surface area contributed by atoms with Gasteiger partial charge < -0.3 is 14.5 Å². The Morgan fingerprint density at radius 2 is 2.08 bits per heavy atom. The summed E-state index contributed by atoms with van der Waals surface area (Å²) in [5.41, 5.74) is 0. The third kappa shape index (κ3) is 4.08. The number of nitrogens with zero attached hydrogens (tertiary/aromatic N) is 1. The summed E-state index contributed by atoms with van der Waals surface area (Å²) in [6.45, 7) is 0.891. The molecular formula is C18H22N2O5S. The molecule has 8 heteroatoms. The molecule has 0 bridgehead atoms. The standard InChI is InChI=1S/C18H22N2O5S/c1-24-15-6-8-17(9-7-15)26(22,23)20-10-2-4-14(13-20)18(21)19-12-16-5-3-11-25-16/h3,5-9,11,14H,2,4,10,12-13H2,1H3,(H,19,21)/t14-/m1/s1. The summed E-state index contributed by atoms with van der Waals surface area (Å²) < 4.78 is 37.3. The molecule has 2 heterocycles. The van der Waals surface area contributed by atoms with Crippen molar-refractivity contribution in [2.45, 2.75) is 24.3 Å². The molecule has 0 spiro atoms. The molecule has 1 saturated heterocycles. The number of furan rings is 1.